The quantitative estimate of drug-likeness (QED) is 0.540. The highest BCUT2D eigenvalue weighted by Gasteiger charge is 2.33. The van der Waals surface area contributed by atoms with Crippen molar-refractivity contribution in [3.63, 3.8) is 0 Å². The summed E-state index contributed by atoms with van der Waals surface area (Å²) in [4.78, 5) is 8.68. The molecule has 9 nitrogen and oxygen atoms in total. The molecule has 3 heterocycles. The summed E-state index contributed by atoms with van der Waals surface area (Å²) >= 11 is 0. The Balaban J connectivity index is 2.09. The van der Waals surface area contributed by atoms with E-state index in [0.29, 0.717) is 17.1 Å². The third kappa shape index (κ3) is 4.38. The molecule has 3 aromatic rings. The molecule has 0 aromatic carbocycles. The molecule has 0 aliphatic heterocycles. The van der Waals surface area contributed by atoms with Gasteiger partial charge in [-0.05, 0) is 37.3 Å². The Hall–Kier alpha value is -3.22. The van der Waals surface area contributed by atoms with Gasteiger partial charge in [0.15, 0.2) is 0 Å². The van der Waals surface area contributed by atoms with Gasteiger partial charge in [0, 0.05) is 24.8 Å². The van der Waals surface area contributed by atoms with E-state index in [2.05, 4.69) is 29.6 Å². The molecule has 32 heavy (non-hydrogen) atoms. The topological polar surface area (TPSA) is 127 Å². The number of nitrogens with zero attached hydrogens (tertiary/aromatic N) is 6. The van der Waals surface area contributed by atoms with Crippen molar-refractivity contribution in [2.75, 3.05) is 13.3 Å². The summed E-state index contributed by atoms with van der Waals surface area (Å²) in [6.45, 7) is -1.35. The van der Waals surface area contributed by atoms with Gasteiger partial charge in [0.2, 0.25) is 0 Å². The van der Waals surface area contributed by atoms with Crippen LogP contribution in [-0.2, 0) is 16.3 Å². The highest BCUT2D eigenvalue weighted by atomic mass is 32.2. The normalized spacial score (nSPS) is 17.2. The first kappa shape index (κ1) is 22.0. The highest BCUT2D eigenvalue weighted by Crippen LogP contribution is 2.37. The lowest BCUT2D eigenvalue weighted by molar-refractivity contribution is -0.141. The minimum absolute atomic E-state index is 0.0399. The molecule has 1 saturated carbocycles. The largest absolute Gasteiger partial charge is 0.408 e. The zero-order chi connectivity index (χ0) is 23.1. The fourth-order valence-electron chi connectivity index (χ4n) is 3.36. The standard InChI is InChI=1S/C19H21F3N8OS/c1-24-12(5-7-23)14-9-15(29-32(2,31)11-3-4-11)18-17(26-14)16(13-6-8-25-27-13)28-30(18)10-19(20,21)22/h5-9,11H,3-4,10,23H2,1-2H3,(H,25,27). The van der Waals surface area contributed by atoms with Gasteiger partial charge in [-0.1, -0.05) is 0 Å². The first-order valence-corrected chi connectivity index (χ1v) is 11.7. The van der Waals surface area contributed by atoms with Gasteiger partial charge in [-0.3, -0.25) is 14.8 Å². The number of nitrogens with one attached hydrogen (secondary N) is 1. The van der Waals surface area contributed by atoms with Crippen LogP contribution in [0, 0.1) is 0 Å². The molecule has 0 bridgehead atoms. The van der Waals surface area contributed by atoms with Crippen LogP contribution in [0.3, 0.4) is 0 Å². The number of alkyl halides is 3. The summed E-state index contributed by atoms with van der Waals surface area (Å²) in [5.74, 6) is 0. The van der Waals surface area contributed by atoms with Crippen molar-refractivity contribution in [3.05, 3.63) is 36.3 Å². The second-order valence-electron chi connectivity index (χ2n) is 7.44. The van der Waals surface area contributed by atoms with Gasteiger partial charge in [0.05, 0.1) is 26.8 Å². The smallest absolute Gasteiger partial charge is 0.405 e. The molecule has 1 atom stereocenters. The molecule has 1 fully saturated rings. The third-order valence-electron chi connectivity index (χ3n) is 4.94. The summed E-state index contributed by atoms with van der Waals surface area (Å²) in [5, 5.41) is 10.6. The average molecular weight is 466 g/mol. The van der Waals surface area contributed by atoms with Crippen molar-refractivity contribution in [3.8, 4) is 11.4 Å². The first-order valence-electron chi connectivity index (χ1n) is 9.67. The summed E-state index contributed by atoms with van der Waals surface area (Å²) in [5.41, 5.74) is 7.08. The zero-order valence-corrected chi connectivity index (χ0v) is 18.1. The number of nitrogens with two attached hydrogens (primary N) is 1. The highest BCUT2D eigenvalue weighted by molar-refractivity contribution is 7.93. The van der Waals surface area contributed by atoms with Crippen LogP contribution in [0.4, 0.5) is 18.9 Å². The number of pyridine rings is 1. The minimum Gasteiger partial charge on any atom is -0.405 e. The van der Waals surface area contributed by atoms with E-state index < -0.39 is 22.5 Å². The minimum atomic E-state index is -4.54. The van der Waals surface area contributed by atoms with Crippen LogP contribution in [0.2, 0.25) is 0 Å². The fourth-order valence-corrected chi connectivity index (χ4v) is 5.05. The molecule has 1 aliphatic rings. The number of allylic oxidation sites excluding steroid dienone is 1. The molecule has 13 heteroatoms. The van der Waals surface area contributed by atoms with Crippen molar-refractivity contribution in [1.29, 1.82) is 0 Å². The van der Waals surface area contributed by atoms with Crippen LogP contribution in [0.15, 0.2) is 40.0 Å². The Morgan fingerprint density at radius 1 is 1.44 bits per heavy atom. The van der Waals surface area contributed by atoms with Crippen molar-refractivity contribution >= 4 is 32.2 Å². The predicted octanol–water partition coefficient (Wildman–Crippen LogP) is 3.17. The number of aliphatic imine (C=N–C) groups is 1. The first-order chi connectivity index (χ1) is 15.1. The van der Waals surface area contributed by atoms with Crippen LogP contribution in [0.5, 0.6) is 0 Å². The molecule has 4 rings (SSSR count). The second kappa shape index (κ2) is 8.04. The number of hydrogen-bond donors (Lipinski definition) is 2. The number of rotatable bonds is 6. The molecule has 0 amide bonds. The van der Waals surface area contributed by atoms with Gasteiger partial charge in [-0.25, -0.2) is 9.19 Å². The zero-order valence-electron chi connectivity index (χ0n) is 17.3. The number of fused-ring (bicyclic) bond motifs is 1. The van der Waals surface area contributed by atoms with E-state index in [1.54, 1.807) is 6.07 Å². The molecule has 3 N–H and O–H groups in total. The second-order valence-corrected chi connectivity index (χ2v) is 10.0. The molecular weight excluding hydrogens is 445 g/mol. The summed E-state index contributed by atoms with van der Waals surface area (Å²) in [7, 11) is -1.14. The predicted molar refractivity (Wildman–Crippen MR) is 116 cm³/mol. The Kier molecular flexibility index (Phi) is 5.53. The molecule has 1 unspecified atom stereocenters. The molecule has 0 radical (unpaired) electrons. The third-order valence-corrected chi connectivity index (χ3v) is 7.21. The Morgan fingerprint density at radius 3 is 2.75 bits per heavy atom. The van der Waals surface area contributed by atoms with Crippen LogP contribution in [-0.4, -0.2) is 59.6 Å². The van der Waals surface area contributed by atoms with Crippen LogP contribution in [0.1, 0.15) is 18.5 Å². The number of aromatic nitrogens is 5. The lowest BCUT2D eigenvalue weighted by atomic mass is 10.1. The average Bonchev–Trinajstić information content (AvgIpc) is 3.34. The van der Waals surface area contributed by atoms with Crippen LogP contribution in [0.25, 0.3) is 22.4 Å². The maximum Gasteiger partial charge on any atom is 0.408 e. The fraction of sp³-hybridized carbons (Fsp3) is 0.368. The number of H-pyrrole nitrogens is 1. The van der Waals surface area contributed by atoms with Crippen LogP contribution < -0.4 is 5.73 Å². The van der Waals surface area contributed by atoms with E-state index in [1.807, 2.05) is 0 Å². The van der Waals surface area contributed by atoms with Gasteiger partial charge in [0.1, 0.15) is 29.0 Å². The molecule has 170 valence electrons. The molecule has 0 spiro atoms. The van der Waals surface area contributed by atoms with E-state index >= 15 is 0 Å². The molecule has 0 saturated heterocycles. The number of halogens is 3. The maximum atomic E-state index is 13.4. The summed E-state index contributed by atoms with van der Waals surface area (Å²) in [6.07, 6.45) is 2.76. The molecule has 1 aliphatic carbocycles. The number of aromatic amines is 1. The van der Waals surface area contributed by atoms with Gasteiger partial charge < -0.3 is 5.73 Å². The maximum absolute atomic E-state index is 13.4. The van der Waals surface area contributed by atoms with Crippen molar-refractivity contribution in [2.24, 2.45) is 15.1 Å². The van der Waals surface area contributed by atoms with E-state index in [-0.39, 0.29) is 27.7 Å². The van der Waals surface area contributed by atoms with E-state index in [9.17, 15) is 17.4 Å². The van der Waals surface area contributed by atoms with Gasteiger partial charge >= 0.3 is 6.18 Å². The summed E-state index contributed by atoms with van der Waals surface area (Å²) in [6, 6.07) is 3.05. The summed E-state index contributed by atoms with van der Waals surface area (Å²) < 4.78 is 58.5. The Labute approximate surface area is 181 Å². The SMILES string of the molecule is CN=C(C=CN)c1cc(N=S(C)(=O)C2CC2)c2c(n1)c(-c1ccn[nH]1)nn2CC(F)(F)F. The van der Waals surface area contributed by atoms with Crippen molar-refractivity contribution in [2.45, 2.75) is 30.8 Å². The van der Waals surface area contributed by atoms with Crippen LogP contribution >= 0.6 is 0 Å². The van der Waals surface area contributed by atoms with Gasteiger partial charge in [0.25, 0.3) is 0 Å². The molecular formula is C19H21F3N8OS. The Morgan fingerprint density at radius 2 is 2.19 bits per heavy atom. The lowest BCUT2D eigenvalue weighted by Gasteiger charge is -2.11. The molecule has 3 aromatic heterocycles. The monoisotopic (exact) mass is 466 g/mol. The van der Waals surface area contributed by atoms with E-state index in [1.165, 1.54) is 37.8 Å². The Bertz CT molecular complexity index is 1330. The van der Waals surface area contributed by atoms with Gasteiger partial charge in [-0.15, -0.1) is 0 Å². The van der Waals surface area contributed by atoms with E-state index in [0.717, 1.165) is 17.5 Å². The van der Waals surface area contributed by atoms with Crippen molar-refractivity contribution < 1.29 is 17.4 Å². The van der Waals surface area contributed by atoms with Crippen molar-refractivity contribution in [1.82, 2.24) is 25.0 Å². The van der Waals surface area contributed by atoms with E-state index in [4.69, 9.17) is 5.73 Å². The van der Waals surface area contributed by atoms with Gasteiger partial charge in [-0.2, -0.15) is 27.7 Å². The number of hydrogen-bond acceptors (Lipinski definition) is 7. The lowest BCUT2D eigenvalue weighted by Crippen LogP contribution is -2.18.